The van der Waals surface area contributed by atoms with Gasteiger partial charge >= 0.3 is 0 Å². The fourth-order valence-electron chi connectivity index (χ4n) is 1.93. The van der Waals surface area contributed by atoms with Crippen LogP contribution in [0.4, 0.5) is 13.2 Å². The second-order valence-electron chi connectivity index (χ2n) is 4.02. The van der Waals surface area contributed by atoms with Gasteiger partial charge in [-0.2, -0.15) is 0 Å². The zero-order chi connectivity index (χ0) is 12.4. The number of rotatable bonds is 2. The van der Waals surface area contributed by atoms with Crippen molar-refractivity contribution >= 4 is 5.78 Å². The van der Waals surface area contributed by atoms with Crippen molar-refractivity contribution < 1.29 is 22.7 Å². The van der Waals surface area contributed by atoms with Crippen LogP contribution in [-0.2, 0) is 4.74 Å². The topological polar surface area (TPSA) is 26.3 Å². The van der Waals surface area contributed by atoms with E-state index in [-0.39, 0.29) is 6.61 Å². The molecule has 1 fully saturated rings. The van der Waals surface area contributed by atoms with Crippen LogP contribution in [0.1, 0.15) is 23.2 Å². The molecule has 1 unspecified atom stereocenters. The van der Waals surface area contributed by atoms with Gasteiger partial charge in [0.25, 0.3) is 0 Å². The molecule has 0 N–H and O–H groups in total. The minimum absolute atomic E-state index is 0.162. The molecule has 1 atom stereocenters. The summed E-state index contributed by atoms with van der Waals surface area (Å²) in [5.74, 6) is -4.54. The average molecular weight is 244 g/mol. The highest BCUT2D eigenvalue weighted by Gasteiger charge is 2.28. The summed E-state index contributed by atoms with van der Waals surface area (Å²) < 4.78 is 44.5. The summed E-state index contributed by atoms with van der Waals surface area (Å²) in [6, 6.07) is 1.03. The molecule has 1 aromatic rings. The molecule has 2 rings (SSSR count). The summed E-state index contributed by atoms with van der Waals surface area (Å²) in [6.07, 6.45) is 1.22. The Morgan fingerprint density at radius 3 is 2.41 bits per heavy atom. The zero-order valence-corrected chi connectivity index (χ0v) is 9.01. The molecule has 1 aliphatic rings. The number of Topliss-reactive ketones (excluding diaryl/α,β-unsaturated/α-hetero) is 1. The Kier molecular flexibility index (Phi) is 3.47. The predicted molar refractivity (Wildman–Crippen MR) is 54.2 cm³/mol. The van der Waals surface area contributed by atoms with E-state index in [0.717, 1.165) is 0 Å². The van der Waals surface area contributed by atoms with E-state index in [9.17, 15) is 18.0 Å². The highest BCUT2D eigenvalue weighted by atomic mass is 19.1. The van der Waals surface area contributed by atoms with Crippen LogP contribution in [0.15, 0.2) is 12.1 Å². The molecule has 0 aliphatic carbocycles. The summed E-state index contributed by atoms with van der Waals surface area (Å²) >= 11 is 0. The molecule has 0 amide bonds. The van der Waals surface area contributed by atoms with Crippen molar-refractivity contribution in [1.82, 2.24) is 0 Å². The van der Waals surface area contributed by atoms with Crippen molar-refractivity contribution in [1.29, 1.82) is 0 Å². The van der Waals surface area contributed by atoms with Gasteiger partial charge in [-0.15, -0.1) is 0 Å². The third kappa shape index (κ3) is 2.49. The highest BCUT2D eigenvalue weighted by Crippen LogP contribution is 2.23. The van der Waals surface area contributed by atoms with E-state index in [4.69, 9.17) is 4.74 Å². The molecule has 92 valence electrons. The lowest BCUT2D eigenvalue weighted by molar-refractivity contribution is 0.0456. The largest absolute Gasteiger partial charge is 0.381 e. The number of carbonyl (C=O) groups is 1. The first-order valence-electron chi connectivity index (χ1n) is 5.36. The van der Waals surface area contributed by atoms with Gasteiger partial charge in [0.05, 0.1) is 12.2 Å². The minimum atomic E-state index is -1.15. The van der Waals surface area contributed by atoms with Crippen LogP contribution in [-0.4, -0.2) is 19.0 Å². The average Bonchev–Trinajstić information content (AvgIpc) is 2.28. The molecule has 0 radical (unpaired) electrons. The number of hydrogen-bond acceptors (Lipinski definition) is 2. The number of benzene rings is 1. The third-order valence-corrected chi connectivity index (χ3v) is 2.78. The molecule has 0 saturated carbocycles. The van der Waals surface area contributed by atoms with Crippen molar-refractivity contribution in [2.45, 2.75) is 12.8 Å². The van der Waals surface area contributed by atoms with Crippen molar-refractivity contribution in [2.75, 3.05) is 13.2 Å². The molecule has 2 nitrogen and oxygen atoms in total. The second-order valence-corrected chi connectivity index (χ2v) is 4.02. The van der Waals surface area contributed by atoms with Crippen molar-refractivity contribution in [2.24, 2.45) is 5.92 Å². The molecule has 5 heteroatoms. The molecule has 1 aromatic carbocycles. The SMILES string of the molecule is O=C(c1c(F)cc(F)cc1F)C1CCCOC1. The maximum absolute atomic E-state index is 13.4. The lowest BCUT2D eigenvalue weighted by Crippen LogP contribution is -2.26. The van der Waals surface area contributed by atoms with Gasteiger partial charge in [0, 0.05) is 24.7 Å². The first kappa shape index (κ1) is 12.1. The first-order valence-corrected chi connectivity index (χ1v) is 5.36. The van der Waals surface area contributed by atoms with Crippen LogP contribution in [0.3, 0.4) is 0 Å². The Morgan fingerprint density at radius 2 is 1.88 bits per heavy atom. The van der Waals surface area contributed by atoms with Crippen LogP contribution in [0.5, 0.6) is 0 Å². The summed E-state index contributed by atoms with van der Waals surface area (Å²) in [5, 5.41) is 0. The van der Waals surface area contributed by atoms with Crippen LogP contribution >= 0.6 is 0 Å². The van der Waals surface area contributed by atoms with E-state index in [1.165, 1.54) is 0 Å². The standard InChI is InChI=1S/C12H11F3O2/c13-8-4-9(14)11(10(15)5-8)12(16)7-2-1-3-17-6-7/h4-5,7H,1-3,6H2. The third-order valence-electron chi connectivity index (χ3n) is 2.78. The van der Waals surface area contributed by atoms with E-state index in [1.54, 1.807) is 0 Å². The lowest BCUT2D eigenvalue weighted by Gasteiger charge is -2.21. The Labute approximate surface area is 96.4 Å². The van der Waals surface area contributed by atoms with Gasteiger partial charge in [-0.25, -0.2) is 13.2 Å². The Morgan fingerprint density at radius 1 is 1.24 bits per heavy atom. The van der Waals surface area contributed by atoms with E-state index in [2.05, 4.69) is 0 Å². The van der Waals surface area contributed by atoms with Gasteiger partial charge in [0.2, 0.25) is 0 Å². The number of ether oxygens (including phenoxy) is 1. The zero-order valence-electron chi connectivity index (χ0n) is 9.01. The van der Waals surface area contributed by atoms with Crippen LogP contribution in [0.25, 0.3) is 0 Å². The van der Waals surface area contributed by atoms with E-state index in [0.29, 0.717) is 31.6 Å². The van der Waals surface area contributed by atoms with Crippen LogP contribution in [0, 0.1) is 23.4 Å². The molecule has 1 aliphatic heterocycles. The number of halogens is 3. The Balaban J connectivity index is 2.30. The predicted octanol–water partition coefficient (Wildman–Crippen LogP) is 2.71. The van der Waals surface area contributed by atoms with Gasteiger partial charge in [0.1, 0.15) is 17.5 Å². The fraction of sp³-hybridized carbons (Fsp3) is 0.417. The molecule has 17 heavy (non-hydrogen) atoms. The molecular weight excluding hydrogens is 233 g/mol. The van der Waals surface area contributed by atoms with Gasteiger partial charge in [0.15, 0.2) is 5.78 Å². The van der Waals surface area contributed by atoms with Gasteiger partial charge in [-0.05, 0) is 12.8 Å². The van der Waals surface area contributed by atoms with Crippen molar-refractivity contribution in [3.63, 3.8) is 0 Å². The lowest BCUT2D eigenvalue weighted by atomic mass is 9.92. The van der Waals surface area contributed by atoms with Gasteiger partial charge < -0.3 is 4.74 Å². The van der Waals surface area contributed by atoms with Crippen molar-refractivity contribution in [3.05, 3.63) is 35.1 Å². The van der Waals surface area contributed by atoms with E-state index in [1.807, 2.05) is 0 Å². The molecule has 1 saturated heterocycles. The van der Waals surface area contributed by atoms with E-state index < -0.39 is 34.7 Å². The monoisotopic (exact) mass is 244 g/mol. The number of carbonyl (C=O) groups excluding carboxylic acids is 1. The summed E-state index contributed by atoms with van der Waals surface area (Å²) in [4.78, 5) is 11.9. The number of hydrogen-bond donors (Lipinski definition) is 0. The maximum atomic E-state index is 13.4. The van der Waals surface area contributed by atoms with Gasteiger partial charge in [-0.3, -0.25) is 4.79 Å². The quantitative estimate of drug-likeness (QED) is 0.748. The van der Waals surface area contributed by atoms with Crippen molar-refractivity contribution in [3.8, 4) is 0 Å². The van der Waals surface area contributed by atoms with Crippen LogP contribution in [0.2, 0.25) is 0 Å². The minimum Gasteiger partial charge on any atom is -0.381 e. The highest BCUT2D eigenvalue weighted by molar-refractivity contribution is 5.98. The Bertz CT molecular complexity index is 416. The van der Waals surface area contributed by atoms with E-state index >= 15 is 0 Å². The first-order chi connectivity index (χ1) is 8.09. The van der Waals surface area contributed by atoms with Crippen LogP contribution < -0.4 is 0 Å². The second kappa shape index (κ2) is 4.87. The molecule has 0 spiro atoms. The normalized spacial score (nSPS) is 20.3. The maximum Gasteiger partial charge on any atom is 0.174 e. The summed E-state index contributed by atoms with van der Waals surface area (Å²) in [7, 11) is 0. The molecule has 0 bridgehead atoms. The fourth-order valence-corrected chi connectivity index (χ4v) is 1.93. The molecular formula is C12H11F3O2. The summed E-state index contributed by atoms with van der Waals surface area (Å²) in [6.45, 7) is 0.716. The summed E-state index contributed by atoms with van der Waals surface area (Å²) in [5.41, 5.74) is -0.665. The molecule has 1 heterocycles. The van der Waals surface area contributed by atoms with Gasteiger partial charge in [-0.1, -0.05) is 0 Å². The number of ketones is 1. The smallest absolute Gasteiger partial charge is 0.174 e. The molecule has 0 aromatic heterocycles. The Hall–Kier alpha value is -1.36.